The van der Waals surface area contributed by atoms with Gasteiger partial charge < -0.3 is 9.47 Å². The van der Waals surface area contributed by atoms with Crippen LogP contribution in [0.3, 0.4) is 0 Å². The number of ether oxygens (including phenoxy) is 2. The van der Waals surface area contributed by atoms with Crippen LogP contribution in [0.1, 0.15) is 19.4 Å². The van der Waals surface area contributed by atoms with E-state index in [9.17, 15) is 18.0 Å². The summed E-state index contributed by atoms with van der Waals surface area (Å²) in [6, 6.07) is 4.58. The molecule has 1 unspecified atom stereocenters. The van der Waals surface area contributed by atoms with Crippen LogP contribution in [0.4, 0.5) is 0 Å². The zero-order valence-corrected chi connectivity index (χ0v) is 15.2. The largest absolute Gasteiger partial charge is 0.456 e. The fraction of sp³-hybridized carbons (Fsp3) is 0.286. The van der Waals surface area contributed by atoms with Crippen molar-refractivity contribution < 1.29 is 27.5 Å². The molecule has 1 aromatic rings. The second-order valence-corrected chi connectivity index (χ2v) is 7.73. The number of benzene rings is 1. The van der Waals surface area contributed by atoms with Gasteiger partial charge in [0.15, 0.2) is 0 Å². The highest BCUT2D eigenvalue weighted by atomic mass is 35.5. The lowest BCUT2D eigenvalue weighted by Crippen LogP contribution is -2.33. The molecule has 1 aromatic carbocycles. The monoisotopic (exact) mass is 393 g/mol. The van der Waals surface area contributed by atoms with Gasteiger partial charge in [0.05, 0.1) is 16.3 Å². The molecular formula is C14H13Cl2NO6S. The molecular weight excluding hydrogens is 381 g/mol. The van der Waals surface area contributed by atoms with Crippen molar-refractivity contribution in [1.82, 2.24) is 4.72 Å². The molecule has 1 atom stereocenters. The summed E-state index contributed by atoms with van der Waals surface area (Å²) in [6.07, 6.45) is 0.862. The van der Waals surface area contributed by atoms with Gasteiger partial charge in [-0.3, -0.25) is 14.3 Å². The number of ketones is 1. The Hall–Kier alpha value is -1.77. The first-order chi connectivity index (χ1) is 11.0. The lowest BCUT2D eigenvalue weighted by atomic mass is 9.91. The molecule has 10 heteroatoms. The Bertz CT molecular complexity index is 864. The molecule has 130 valence electrons. The molecule has 0 amide bonds. The van der Waals surface area contributed by atoms with Gasteiger partial charge in [-0.05, 0) is 13.0 Å². The van der Waals surface area contributed by atoms with Crippen molar-refractivity contribution >= 4 is 45.0 Å². The maximum absolute atomic E-state index is 12.7. The van der Waals surface area contributed by atoms with Gasteiger partial charge in [-0.25, -0.2) is 8.42 Å². The fourth-order valence-electron chi connectivity index (χ4n) is 2.14. The van der Waals surface area contributed by atoms with E-state index in [0.717, 1.165) is 13.2 Å². The fourth-order valence-corrected chi connectivity index (χ4v) is 3.09. The van der Waals surface area contributed by atoms with Crippen LogP contribution in [0.15, 0.2) is 29.8 Å². The number of carbonyl (C=O) groups excluding carboxylic acids is 2. The van der Waals surface area contributed by atoms with Crippen molar-refractivity contribution in [3.05, 3.63) is 45.5 Å². The van der Waals surface area contributed by atoms with Gasteiger partial charge in [0.2, 0.25) is 27.3 Å². The van der Waals surface area contributed by atoms with E-state index in [1.807, 2.05) is 4.72 Å². The third-order valence-corrected chi connectivity index (χ3v) is 4.52. The molecule has 0 aliphatic carbocycles. The molecule has 24 heavy (non-hydrogen) atoms. The molecule has 0 fully saturated rings. The zero-order chi connectivity index (χ0) is 18.3. The van der Waals surface area contributed by atoms with E-state index in [4.69, 9.17) is 32.7 Å². The third-order valence-electron chi connectivity index (χ3n) is 3.14. The molecule has 2 rings (SSSR count). The van der Waals surface area contributed by atoms with Crippen LogP contribution in [0, 0.1) is 0 Å². The number of halogens is 2. The molecule has 1 heterocycles. The quantitative estimate of drug-likeness (QED) is 0.786. The van der Waals surface area contributed by atoms with E-state index in [2.05, 4.69) is 0 Å². The minimum absolute atomic E-state index is 0.0674. The number of carbonyl (C=O) groups is 2. The van der Waals surface area contributed by atoms with Gasteiger partial charge in [0.25, 0.3) is 5.78 Å². The summed E-state index contributed by atoms with van der Waals surface area (Å²) in [5.74, 6) is -2.62. The Kier molecular flexibility index (Phi) is 4.85. The zero-order valence-electron chi connectivity index (χ0n) is 12.8. The van der Waals surface area contributed by atoms with Crippen LogP contribution >= 0.6 is 23.2 Å². The summed E-state index contributed by atoms with van der Waals surface area (Å²) in [4.78, 5) is 24.0. The van der Waals surface area contributed by atoms with Crippen LogP contribution in [0.5, 0.6) is 0 Å². The Morgan fingerprint density at radius 1 is 1.33 bits per heavy atom. The highest BCUT2D eigenvalue weighted by Gasteiger charge is 2.51. The predicted molar refractivity (Wildman–Crippen MR) is 86.7 cm³/mol. The molecule has 0 saturated carbocycles. The number of sulfonamides is 1. The minimum atomic E-state index is -3.79. The van der Waals surface area contributed by atoms with Gasteiger partial charge in [-0.1, -0.05) is 35.3 Å². The normalized spacial score (nSPS) is 20.8. The van der Waals surface area contributed by atoms with E-state index < -0.39 is 39.0 Å². The van der Waals surface area contributed by atoms with Crippen LogP contribution in [0.25, 0.3) is 0 Å². The van der Waals surface area contributed by atoms with Crippen LogP contribution in [0.2, 0.25) is 10.0 Å². The molecule has 0 saturated heterocycles. The molecule has 0 spiro atoms. The van der Waals surface area contributed by atoms with E-state index in [-0.39, 0.29) is 15.6 Å². The first-order valence-corrected chi connectivity index (χ1v) is 9.19. The molecule has 0 radical (unpaired) electrons. The smallest absolute Gasteiger partial charge is 0.308 e. The number of rotatable bonds is 4. The van der Waals surface area contributed by atoms with Crippen LogP contribution in [-0.4, -0.2) is 26.4 Å². The van der Waals surface area contributed by atoms with Gasteiger partial charge in [-0.2, -0.15) is 0 Å². The summed E-state index contributed by atoms with van der Waals surface area (Å²) in [5, 5.41) is 0.253. The van der Waals surface area contributed by atoms with E-state index in [0.29, 0.717) is 0 Å². The van der Waals surface area contributed by atoms with Gasteiger partial charge >= 0.3 is 5.97 Å². The van der Waals surface area contributed by atoms with Gasteiger partial charge in [0, 0.05) is 12.5 Å². The number of esters is 1. The number of nitrogens with one attached hydrogen (secondary N) is 1. The predicted octanol–water partition coefficient (Wildman–Crippen LogP) is 2.09. The first-order valence-electron chi connectivity index (χ1n) is 6.54. The summed E-state index contributed by atoms with van der Waals surface area (Å²) in [7, 11) is -3.79. The lowest BCUT2D eigenvalue weighted by Gasteiger charge is -2.24. The number of Topliss-reactive ketones (excluding diaryl/α,β-unsaturated/α-hetero) is 1. The van der Waals surface area contributed by atoms with Crippen LogP contribution in [-0.2, 0) is 34.7 Å². The van der Waals surface area contributed by atoms with Crippen molar-refractivity contribution in [3.8, 4) is 0 Å². The molecule has 0 aromatic heterocycles. The summed E-state index contributed by atoms with van der Waals surface area (Å²) >= 11 is 12.1. The Balaban J connectivity index is 2.56. The van der Waals surface area contributed by atoms with Crippen LogP contribution < -0.4 is 4.72 Å². The average molecular weight is 394 g/mol. The molecule has 1 N–H and O–H groups in total. The first kappa shape index (κ1) is 18.6. The Morgan fingerprint density at radius 3 is 2.50 bits per heavy atom. The third kappa shape index (κ3) is 3.50. The minimum Gasteiger partial charge on any atom is -0.456 e. The second-order valence-electron chi connectivity index (χ2n) is 5.19. The Morgan fingerprint density at radius 2 is 1.96 bits per heavy atom. The maximum Gasteiger partial charge on any atom is 0.308 e. The summed E-state index contributed by atoms with van der Waals surface area (Å²) < 4.78 is 35.3. The molecule has 7 nitrogen and oxygen atoms in total. The SMILES string of the molecule is CC(=O)OC1=C(NS(C)(=O)=O)OC(C)(c2cccc(Cl)c2Cl)C1=O. The van der Waals surface area contributed by atoms with Crippen molar-refractivity contribution in [2.75, 3.05) is 6.26 Å². The van der Waals surface area contributed by atoms with Crippen molar-refractivity contribution in [2.45, 2.75) is 19.4 Å². The van der Waals surface area contributed by atoms with Crippen molar-refractivity contribution in [2.24, 2.45) is 0 Å². The van der Waals surface area contributed by atoms with Gasteiger partial charge in [0.1, 0.15) is 0 Å². The molecule has 0 bridgehead atoms. The van der Waals surface area contributed by atoms with Crippen molar-refractivity contribution in [3.63, 3.8) is 0 Å². The lowest BCUT2D eigenvalue weighted by molar-refractivity contribution is -0.142. The number of hydrogen-bond acceptors (Lipinski definition) is 6. The van der Waals surface area contributed by atoms with Gasteiger partial charge in [-0.15, -0.1) is 0 Å². The summed E-state index contributed by atoms with van der Waals surface area (Å²) in [5.41, 5.74) is -1.50. The van der Waals surface area contributed by atoms with Crippen molar-refractivity contribution in [1.29, 1.82) is 0 Å². The van der Waals surface area contributed by atoms with E-state index in [1.54, 1.807) is 6.07 Å². The molecule has 1 aliphatic heterocycles. The van der Waals surface area contributed by atoms with E-state index in [1.165, 1.54) is 19.1 Å². The average Bonchev–Trinajstić information content (AvgIpc) is 2.65. The second kappa shape index (κ2) is 6.27. The topological polar surface area (TPSA) is 98.8 Å². The molecule has 1 aliphatic rings. The standard InChI is InChI=1S/C14H13Cl2NO6S/c1-7(18)22-11-12(19)14(2,23-13(11)17-24(3,20)21)8-5-4-6-9(15)10(8)16/h4-6,17H,1-3H3. The highest BCUT2D eigenvalue weighted by molar-refractivity contribution is 7.88. The Labute approximate surface area is 148 Å². The maximum atomic E-state index is 12.7. The number of hydrogen-bond donors (Lipinski definition) is 1. The summed E-state index contributed by atoms with van der Waals surface area (Å²) in [6.45, 7) is 2.44. The highest BCUT2D eigenvalue weighted by Crippen LogP contribution is 2.43. The van der Waals surface area contributed by atoms with E-state index >= 15 is 0 Å².